The maximum atomic E-state index is 13.2. The van der Waals surface area contributed by atoms with E-state index in [2.05, 4.69) is 5.32 Å². The number of carbonyl (C=O) groups excluding carboxylic acids is 2. The molecule has 2 unspecified atom stereocenters. The van der Waals surface area contributed by atoms with E-state index >= 15 is 0 Å². The van der Waals surface area contributed by atoms with Crippen LogP contribution in [0.2, 0.25) is 0 Å². The number of hydrogen-bond donors (Lipinski definition) is 1. The number of amides is 3. The second kappa shape index (κ2) is 5.13. The van der Waals surface area contributed by atoms with Crippen molar-refractivity contribution < 1.29 is 14.0 Å². The number of carbonyl (C=O) groups is 2. The molecule has 1 aliphatic heterocycles. The van der Waals surface area contributed by atoms with Gasteiger partial charge >= 0.3 is 6.03 Å². The quantitative estimate of drug-likeness (QED) is 0.851. The molecule has 1 spiro atoms. The number of benzene rings is 1. The van der Waals surface area contributed by atoms with E-state index in [4.69, 9.17) is 0 Å². The molecular formula is C16H19FN2O2. The molecule has 1 heterocycles. The maximum Gasteiger partial charge on any atom is 0.325 e. The topological polar surface area (TPSA) is 49.4 Å². The third kappa shape index (κ3) is 2.30. The van der Waals surface area contributed by atoms with E-state index in [0.29, 0.717) is 12.0 Å². The highest BCUT2D eigenvalue weighted by atomic mass is 19.1. The van der Waals surface area contributed by atoms with Gasteiger partial charge in [-0.15, -0.1) is 0 Å². The van der Waals surface area contributed by atoms with E-state index in [1.54, 1.807) is 12.1 Å². The van der Waals surface area contributed by atoms with Crippen LogP contribution in [0.5, 0.6) is 0 Å². The fourth-order valence-electron chi connectivity index (χ4n) is 3.46. The zero-order valence-electron chi connectivity index (χ0n) is 12.1. The van der Waals surface area contributed by atoms with Crippen LogP contribution in [0.1, 0.15) is 38.2 Å². The summed E-state index contributed by atoms with van der Waals surface area (Å²) < 4.78 is 13.2. The Kier molecular flexibility index (Phi) is 3.43. The number of nitrogens with zero attached hydrogens (tertiary/aromatic N) is 1. The average molecular weight is 290 g/mol. The van der Waals surface area contributed by atoms with Crippen molar-refractivity contribution >= 4 is 11.9 Å². The minimum Gasteiger partial charge on any atom is -0.323 e. The van der Waals surface area contributed by atoms with Crippen LogP contribution in [0.25, 0.3) is 0 Å². The van der Waals surface area contributed by atoms with Gasteiger partial charge in [-0.1, -0.05) is 31.9 Å². The molecule has 2 atom stereocenters. The van der Waals surface area contributed by atoms with Crippen LogP contribution in [-0.2, 0) is 11.3 Å². The van der Waals surface area contributed by atoms with Crippen molar-refractivity contribution in [2.45, 2.75) is 44.7 Å². The summed E-state index contributed by atoms with van der Waals surface area (Å²) in [6.45, 7) is 2.14. The van der Waals surface area contributed by atoms with Gasteiger partial charge in [0.05, 0.1) is 6.54 Å². The van der Waals surface area contributed by atoms with Crippen molar-refractivity contribution in [1.82, 2.24) is 10.2 Å². The summed E-state index contributed by atoms with van der Waals surface area (Å²) in [4.78, 5) is 26.2. The lowest BCUT2D eigenvalue weighted by atomic mass is 9.73. The number of rotatable bonds is 2. The molecule has 2 fully saturated rings. The van der Waals surface area contributed by atoms with Crippen molar-refractivity contribution in [2.75, 3.05) is 0 Å². The Balaban J connectivity index is 1.84. The normalized spacial score (nSPS) is 29.0. The first-order valence-corrected chi connectivity index (χ1v) is 7.41. The lowest BCUT2D eigenvalue weighted by Crippen LogP contribution is -2.53. The van der Waals surface area contributed by atoms with E-state index in [1.165, 1.54) is 17.0 Å². The zero-order chi connectivity index (χ0) is 15.0. The molecule has 112 valence electrons. The first-order valence-electron chi connectivity index (χ1n) is 7.41. The molecule has 1 N–H and O–H groups in total. The van der Waals surface area contributed by atoms with E-state index in [0.717, 1.165) is 19.3 Å². The van der Waals surface area contributed by atoms with Crippen LogP contribution in [0.3, 0.4) is 0 Å². The number of hydrogen-bond acceptors (Lipinski definition) is 2. The molecule has 0 radical (unpaired) electrons. The van der Waals surface area contributed by atoms with Gasteiger partial charge in [0.2, 0.25) is 0 Å². The summed E-state index contributed by atoms with van der Waals surface area (Å²) in [5.74, 6) is -0.385. The summed E-state index contributed by atoms with van der Waals surface area (Å²) in [6, 6.07) is 5.65. The van der Waals surface area contributed by atoms with Gasteiger partial charge in [-0.3, -0.25) is 9.69 Å². The van der Waals surface area contributed by atoms with Gasteiger partial charge in [0.15, 0.2) is 0 Å². The largest absolute Gasteiger partial charge is 0.325 e. The van der Waals surface area contributed by atoms with Crippen LogP contribution in [-0.4, -0.2) is 22.4 Å². The Hall–Kier alpha value is -1.91. The van der Waals surface area contributed by atoms with Crippen LogP contribution < -0.4 is 5.32 Å². The third-order valence-electron chi connectivity index (χ3n) is 4.73. The maximum absolute atomic E-state index is 13.2. The molecule has 1 aliphatic carbocycles. The highest BCUT2D eigenvalue weighted by molar-refractivity contribution is 6.07. The minimum atomic E-state index is -0.747. The van der Waals surface area contributed by atoms with E-state index in [-0.39, 0.29) is 30.2 Å². The van der Waals surface area contributed by atoms with Crippen molar-refractivity contribution in [3.8, 4) is 0 Å². The molecule has 1 aromatic rings. The molecule has 1 saturated heterocycles. The van der Waals surface area contributed by atoms with Gasteiger partial charge in [0.1, 0.15) is 11.4 Å². The van der Waals surface area contributed by atoms with Crippen molar-refractivity contribution in [3.63, 3.8) is 0 Å². The molecule has 0 aromatic heterocycles. The third-order valence-corrected chi connectivity index (χ3v) is 4.73. The fourth-order valence-corrected chi connectivity index (χ4v) is 3.46. The predicted molar refractivity (Wildman–Crippen MR) is 75.8 cm³/mol. The predicted octanol–water partition coefficient (Wildman–Crippen LogP) is 2.83. The minimum absolute atomic E-state index is 0.122. The van der Waals surface area contributed by atoms with Crippen molar-refractivity contribution in [1.29, 1.82) is 0 Å². The lowest BCUT2D eigenvalue weighted by Gasteiger charge is -2.36. The Morgan fingerprint density at radius 3 is 2.90 bits per heavy atom. The van der Waals surface area contributed by atoms with Crippen molar-refractivity contribution in [2.24, 2.45) is 5.92 Å². The Morgan fingerprint density at radius 2 is 2.19 bits per heavy atom. The van der Waals surface area contributed by atoms with Crippen LogP contribution in [0.4, 0.5) is 9.18 Å². The molecule has 2 aliphatic rings. The van der Waals surface area contributed by atoms with Gasteiger partial charge in [0.25, 0.3) is 5.91 Å². The molecule has 1 saturated carbocycles. The summed E-state index contributed by atoms with van der Waals surface area (Å²) in [7, 11) is 0. The fraction of sp³-hybridized carbons (Fsp3) is 0.500. The molecule has 21 heavy (non-hydrogen) atoms. The van der Waals surface area contributed by atoms with Crippen LogP contribution in [0.15, 0.2) is 24.3 Å². The first-order chi connectivity index (χ1) is 10.0. The SMILES string of the molecule is CC1CCCCC12NC(=O)N(Cc1cccc(F)c1)C2=O. The molecule has 3 amide bonds. The van der Waals surface area contributed by atoms with Gasteiger partial charge in [-0.2, -0.15) is 0 Å². The smallest absolute Gasteiger partial charge is 0.323 e. The second-order valence-corrected chi connectivity index (χ2v) is 6.07. The number of imide groups is 1. The second-order valence-electron chi connectivity index (χ2n) is 6.07. The highest BCUT2D eigenvalue weighted by Gasteiger charge is 2.54. The molecule has 4 nitrogen and oxygen atoms in total. The molecule has 3 rings (SSSR count). The average Bonchev–Trinajstić information content (AvgIpc) is 2.68. The van der Waals surface area contributed by atoms with Crippen LogP contribution in [0, 0.1) is 11.7 Å². The molecule has 5 heteroatoms. The molecular weight excluding hydrogens is 271 g/mol. The van der Waals surface area contributed by atoms with Crippen molar-refractivity contribution in [3.05, 3.63) is 35.6 Å². The molecule has 1 aromatic carbocycles. The van der Waals surface area contributed by atoms with E-state index in [1.807, 2.05) is 6.92 Å². The summed E-state index contributed by atoms with van der Waals surface area (Å²) >= 11 is 0. The Labute approximate surface area is 123 Å². The number of nitrogens with one attached hydrogen (secondary N) is 1. The highest BCUT2D eigenvalue weighted by Crippen LogP contribution is 2.38. The standard InChI is InChI=1S/C16H19FN2O2/c1-11-5-2-3-8-16(11)14(20)19(15(21)18-16)10-12-6-4-7-13(17)9-12/h4,6-7,9,11H,2-3,5,8,10H2,1H3,(H,18,21). The van der Waals surface area contributed by atoms with Gasteiger partial charge in [0, 0.05) is 0 Å². The zero-order valence-corrected chi connectivity index (χ0v) is 12.1. The number of halogens is 1. The first kappa shape index (κ1) is 14.0. The van der Waals surface area contributed by atoms with E-state index in [9.17, 15) is 14.0 Å². The summed E-state index contributed by atoms with van der Waals surface area (Å²) in [6.07, 6.45) is 3.68. The lowest BCUT2D eigenvalue weighted by molar-refractivity contribution is -0.134. The Morgan fingerprint density at radius 1 is 1.38 bits per heavy atom. The van der Waals surface area contributed by atoms with E-state index < -0.39 is 5.54 Å². The number of urea groups is 1. The Bertz CT molecular complexity index is 589. The van der Waals surface area contributed by atoms with Crippen LogP contribution >= 0.6 is 0 Å². The summed E-state index contributed by atoms with van der Waals surface area (Å²) in [5, 5.41) is 2.90. The monoisotopic (exact) mass is 290 g/mol. The van der Waals surface area contributed by atoms with Gasteiger partial charge in [-0.25, -0.2) is 9.18 Å². The molecule has 0 bridgehead atoms. The van der Waals surface area contributed by atoms with Gasteiger partial charge < -0.3 is 5.32 Å². The summed E-state index contributed by atoms with van der Waals surface area (Å²) in [5.41, 5.74) is -0.123. The van der Waals surface area contributed by atoms with Gasteiger partial charge in [-0.05, 0) is 36.5 Å².